The average Bonchev–Trinajstić information content (AvgIpc) is 3.17. The number of aromatic nitrogens is 3. The predicted octanol–water partition coefficient (Wildman–Crippen LogP) is 3.09. The molecule has 0 saturated heterocycles. The van der Waals surface area contributed by atoms with E-state index >= 15 is 0 Å². The fourth-order valence-corrected chi connectivity index (χ4v) is 4.27. The summed E-state index contributed by atoms with van der Waals surface area (Å²) >= 11 is 0. The number of aliphatic hydroxyl groups is 2. The lowest BCUT2D eigenvalue weighted by atomic mass is 9.93. The Morgan fingerprint density at radius 2 is 1.94 bits per heavy atom. The molecule has 9 nitrogen and oxygen atoms in total. The molecule has 182 valence electrons. The lowest BCUT2D eigenvalue weighted by Gasteiger charge is -2.26. The number of hydrogen-bond donors (Lipinski definition) is 4. The molecule has 2 aromatic heterocycles. The lowest BCUT2D eigenvalue weighted by Crippen LogP contribution is -2.29. The first-order valence-electron chi connectivity index (χ1n) is 11.8. The highest BCUT2D eigenvalue weighted by molar-refractivity contribution is 5.70. The molecule has 4 rings (SSSR count). The Kier molecular flexibility index (Phi) is 7.77. The number of nitrogens with one attached hydrogen (secondary N) is 2. The summed E-state index contributed by atoms with van der Waals surface area (Å²) in [5.41, 5.74) is 3.16. The number of aryl methyl sites for hydroxylation is 2. The minimum Gasteiger partial charge on any atom is -0.491 e. The highest BCUT2D eigenvalue weighted by Crippen LogP contribution is 2.31. The summed E-state index contributed by atoms with van der Waals surface area (Å²) in [4.78, 5) is 9.63. The van der Waals surface area contributed by atoms with E-state index in [2.05, 4.69) is 15.8 Å². The van der Waals surface area contributed by atoms with E-state index in [0.29, 0.717) is 23.9 Å². The lowest BCUT2D eigenvalue weighted by molar-refractivity contribution is 0.108. The van der Waals surface area contributed by atoms with Gasteiger partial charge in [-0.2, -0.15) is 0 Å². The van der Waals surface area contributed by atoms with Crippen molar-refractivity contribution < 1.29 is 19.5 Å². The summed E-state index contributed by atoms with van der Waals surface area (Å²) < 4.78 is 11.2. The minimum atomic E-state index is -0.599. The van der Waals surface area contributed by atoms with Gasteiger partial charge in [0.1, 0.15) is 30.0 Å². The van der Waals surface area contributed by atoms with E-state index in [1.165, 1.54) is 0 Å². The van der Waals surface area contributed by atoms with Gasteiger partial charge >= 0.3 is 0 Å². The fourth-order valence-electron chi connectivity index (χ4n) is 4.27. The molecule has 1 aromatic carbocycles. The molecular formula is C25H33N5O4. The van der Waals surface area contributed by atoms with Gasteiger partial charge in [0.25, 0.3) is 0 Å². The molecule has 1 saturated carbocycles. The van der Waals surface area contributed by atoms with E-state index in [4.69, 9.17) is 19.2 Å². The maximum Gasteiger partial charge on any atom is 0.162 e. The smallest absolute Gasteiger partial charge is 0.162 e. The first-order valence-corrected chi connectivity index (χ1v) is 11.8. The Morgan fingerprint density at radius 3 is 2.65 bits per heavy atom. The number of ether oxygens (including phenoxy) is 1. The topological polar surface area (TPSA) is 126 Å². The number of likely N-dealkylation sites (N-methyl/N-ethyl adjacent to an activating group) is 1. The molecule has 1 unspecified atom stereocenters. The second-order valence-electron chi connectivity index (χ2n) is 8.86. The maximum atomic E-state index is 9.95. The number of rotatable bonds is 9. The van der Waals surface area contributed by atoms with E-state index in [9.17, 15) is 10.2 Å². The van der Waals surface area contributed by atoms with Crippen molar-refractivity contribution in [2.75, 3.05) is 25.5 Å². The van der Waals surface area contributed by atoms with Crippen molar-refractivity contribution in [1.82, 2.24) is 20.4 Å². The molecule has 1 aliphatic carbocycles. The van der Waals surface area contributed by atoms with Gasteiger partial charge < -0.3 is 30.1 Å². The van der Waals surface area contributed by atoms with Crippen molar-refractivity contribution >= 4 is 5.82 Å². The Morgan fingerprint density at radius 1 is 1.15 bits per heavy atom. The maximum absolute atomic E-state index is 9.95. The zero-order chi connectivity index (χ0) is 24.1. The summed E-state index contributed by atoms with van der Waals surface area (Å²) in [5.74, 6) is 2.61. The van der Waals surface area contributed by atoms with Gasteiger partial charge in [-0.25, -0.2) is 9.97 Å². The van der Waals surface area contributed by atoms with Crippen LogP contribution in [0.4, 0.5) is 5.82 Å². The molecule has 0 aliphatic heterocycles. The second kappa shape index (κ2) is 10.9. The van der Waals surface area contributed by atoms with Gasteiger partial charge in [0.2, 0.25) is 0 Å². The first kappa shape index (κ1) is 24.1. The summed E-state index contributed by atoms with van der Waals surface area (Å²) in [5, 5.41) is 30.3. The molecule has 1 aliphatic rings. The molecule has 1 fully saturated rings. The van der Waals surface area contributed by atoms with Crippen LogP contribution in [0, 0.1) is 13.8 Å². The summed E-state index contributed by atoms with van der Waals surface area (Å²) in [7, 11) is 1.79. The standard InChI is InChI=1S/C25H33N5O4/c1-15-24(16(2)34-30-15)22-12-23(27-18-7-9-19(31)10-8-18)29-25(28-22)17-5-4-6-21(11-17)33-14-20(32)13-26-3/h4-6,11-12,18-20,26,31-32H,7-10,13-14H2,1-3H3,(H,27,28,29). The minimum absolute atomic E-state index is 0.185. The zero-order valence-corrected chi connectivity index (χ0v) is 19.9. The van der Waals surface area contributed by atoms with Crippen LogP contribution < -0.4 is 15.4 Å². The quantitative estimate of drug-likeness (QED) is 0.376. The van der Waals surface area contributed by atoms with Crippen LogP contribution in [-0.4, -0.2) is 63.8 Å². The van der Waals surface area contributed by atoms with E-state index in [1.807, 2.05) is 44.2 Å². The molecule has 0 spiro atoms. The molecule has 3 aromatic rings. The SMILES string of the molecule is CNCC(O)COc1cccc(-c2nc(NC3CCC(O)CC3)cc(-c3c(C)noc3C)n2)c1. The average molecular weight is 468 g/mol. The van der Waals surface area contributed by atoms with E-state index < -0.39 is 6.10 Å². The summed E-state index contributed by atoms with van der Waals surface area (Å²) in [6, 6.07) is 9.71. The molecule has 34 heavy (non-hydrogen) atoms. The third-order valence-corrected chi connectivity index (χ3v) is 6.04. The third kappa shape index (κ3) is 5.91. The number of aliphatic hydroxyl groups excluding tert-OH is 2. The van der Waals surface area contributed by atoms with Gasteiger partial charge in [-0.3, -0.25) is 0 Å². The van der Waals surface area contributed by atoms with E-state index in [-0.39, 0.29) is 18.8 Å². The predicted molar refractivity (Wildman–Crippen MR) is 130 cm³/mol. The molecule has 4 N–H and O–H groups in total. The number of benzene rings is 1. The van der Waals surface area contributed by atoms with Crippen LogP contribution in [-0.2, 0) is 0 Å². The Balaban J connectivity index is 1.65. The van der Waals surface area contributed by atoms with Gasteiger partial charge in [0.15, 0.2) is 5.82 Å². The summed E-state index contributed by atoms with van der Waals surface area (Å²) in [6.45, 7) is 4.41. The largest absolute Gasteiger partial charge is 0.491 e. The Hall–Kier alpha value is -3.01. The van der Waals surface area contributed by atoms with Gasteiger partial charge in [-0.1, -0.05) is 17.3 Å². The zero-order valence-electron chi connectivity index (χ0n) is 19.9. The van der Waals surface area contributed by atoms with Crippen molar-refractivity contribution in [3.8, 4) is 28.4 Å². The monoisotopic (exact) mass is 467 g/mol. The van der Waals surface area contributed by atoms with Crippen molar-refractivity contribution in [3.63, 3.8) is 0 Å². The van der Waals surface area contributed by atoms with Crippen LogP contribution in [0.2, 0.25) is 0 Å². The fraction of sp³-hybridized carbons (Fsp3) is 0.480. The van der Waals surface area contributed by atoms with Gasteiger partial charge in [0.05, 0.1) is 23.1 Å². The van der Waals surface area contributed by atoms with Gasteiger partial charge in [-0.15, -0.1) is 0 Å². The second-order valence-corrected chi connectivity index (χ2v) is 8.86. The molecule has 0 radical (unpaired) electrons. The molecule has 9 heteroatoms. The first-order chi connectivity index (χ1) is 16.4. The Labute approximate surface area is 199 Å². The van der Waals surface area contributed by atoms with Crippen LogP contribution in [0.15, 0.2) is 34.9 Å². The van der Waals surface area contributed by atoms with Gasteiger partial charge in [0, 0.05) is 24.2 Å². The van der Waals surface area contributed by atoms with E-state index in [0.717, 1.165) is 54.0 Å². The van der Waals surface area contributed by atoms with Gasteiger partial charge in [-0.05, 0) is 58.7 Å². The van der Waals surface area contributed by atoms with Crippen LogP contribution in [0.3, 0.4) is 0 Å². The normalized spacial score (nSPS) is 19.1. The number of nitrogens with zero attached hydrogens (tertiary/aromatic N) is 3. The van der Waals surface area contributed by atoms with Crippen LogP contribution >= 0.6 is 0 Å². The molecule has 0 bridgehead atoms. The van der Waals surface area contributed by atoms with Crippen LogP contribution in [0.1, 0.15) is 37.1 Å². The van der Waals surface area contributed by atoms with Crippen LogP contribution in [0.25, 0.3) is 22.6 Å². The highest BCUT2D eigenvalue weighted by atomic mass is 16.5. The number of anilines is 1. The third-order valence-electron chi connectivity index (χ3n) is 6.04. The Bertz CT molecular complexity index is 1080. The van der Waals surface area contributed by atoms with Crippen molar-refractivity contribution in [2.45, 2.75) is 57.8 Å². The number of hydrogen-bond acceptors (Lipinski definition) is 9. The van der Waals surface area contributed by atoms with Crippen molar-refractivity contribution in [3.05, 3.63) is 41.8 Å². The molecular weight excluding hydrogens is 434 g/mol. The molecule has 2 heterocycles. The molecule has 0 amide bonds. The summed E-state index contributed by atoms with van der Waals surface area (Å²) in [6.07, 6.45) is 2.53. The molecule has 1 atom stereocenters. The van der Waals surface area contributed by atoms with Crippen molar-refractivity contribution in [2.24, 2.45) is 0 Å². The van der Waals surface area contributed by atoms with Crippen molar-refractivity contribution in [1.29, 1.82) is 0 Å². The van der Waals surface area contributed by atoms with Crippen LogP contribution in [0.5, 0.6) is 5.75 Å². The highest BCUT2D eigenvalue weighted by Gasteiger charge is 2.21. The van der Waals surface area contributed by atoms with E-state index in [1.54, 1.807) is 7.05 Å².